The van der Waals surface area contributed by atoms with Gasteiger partial charge in [0.05, 0.1) is 26.5 Å². The van der Waals surface area contributed by atoms with E-state index in [1.54, 1.807) is 20.4 Å². The van der Waals surface area contributed by atoms with Crippen LogP contribution in [0.1, 0.15) is 34.7 Å². The lowest BCUT2D eigenvalue weighted by molar-refractivity contribution is -0.122. The van der Waals surface area contributed by atoms with E-state index < -0.39 is 0 Å². The number of hydrogen-bond donors (Lipinski definition) is 1. The lowest BCUT2D eigenvalue weighted by Gasteiger charge is -2.13. The molecule has 0 saturated heterocycles. The highest BCUT2D eigenvalue weighted by Gasteiger charge is 2.43. The highest BCUT2D eigenvalue weighted by molar-refractivity contribution is 5.82. The number of rotatable bonds is 6. The molecular weight excluding hydrogens is 316 g/mol. The predicted octanol–water partition coefficient (Wildman–Crippen LogP) is 3.14. The minimum Gasteiger partial charge on any atom is -0.497 e. The summed E-state index contributed by atoms with van der Waals surface area (Å²) in [6.07, 6.45) is 2.67. The minimum absolute atomic E-state index is 0.0426. The fraction of sp³-hybridized carbons (Fsp3) is 0.400. The van der Waals surface area contributed by atoms with Crippen molar-refractivity contribution < 1.29 is 14.3 Å². The summed E-state index contributed by atoms with van der Waals surface area (Å²) in [4.78, 5) is 16.8. The average Bonchev–Trinajstić information content (AvgIpc) is 3.42. The molecule has 1 N–H and O–H groups in total. The molecule has 25 heavy (non-hydrogen) atoms. The molecule has 1 saturated carbocycles. The molecule has 0 unspecified atom stereocenters. The molecule has 0 bridgehead atoms. The van der Waals surface area contributed by atoms with Crippen molar-refractivity contribution in [3.05, 3.63) is 52.8 Å². The Balaban J connectivity index is 1.59. The van der Waals surface area contributed by atoms with Crippen LogP contribution in [0.4, 0.5) is 0 Å². The molecule has 1 aliphatic rings. The van der Waals surface area contributed by atoms with Crippen molar-refractivity contribution in [2.75, 3.05) is 14.2 Å². The number of aryl methyl sites for hydroxylation is 1. The molecule has 1 aliphatic carbocycles. The molecule has 5 heteroatoms. The first-order valence-electron chi connectivity index (χ1n) is 8.46. The Morgan fingerprint density at radius 1 is 1.20 bits per heavy atom. The lowest BCUT2D eigenvalue weighted by Crippen LogP contribution is -2.26. The van der Waals surface area contributed by atoms with E-state index in [0.717, 1.165) is 34.7 Å². The van der Waals surface area contributed by atoms with Gasteiger partial charge in [0.15, 0.2) is 0 Å². The summed E-state index contributed by atoms with van der Waals surface area (Å²) in [5, 5.41) is 3.01. The van der Waals surface area contributed by atoms with E-state index in [-0.39, 0.29) is 11.8 Å². The van der Waals surface area contributed by atoms with Crippen LogP contribution in [0.25, 0.3) is 0 Å². The second kappa shape index (κ2) is 7.13. The number of methoxy groups -OCH3 is 2. The van der Waals surface area contributed by atoms with Crippen LogP contribution in [0.3, 0.4) is 0 Å². The number of hydrogen-bond acceptors (Lipinski definition) is 4. The largest absolute Gasteiger partial charge is 0.497 e. The van der Waals surface area contributed by atoms with Gasteiger partial charge in [-0.25, -0.2) is 0 Å². The zero-order valence-corrected chi connectivity index (χ0v) is 15.1. The summed E-state index contributed by atoms with van der Waals surface area (Å²) in [5.74, 6) is 2.09. The Kier molecular flexibility index (Phi) is 4.93. The van der Waals surface area contributed by atoms with E-state index in [4.69, 9.17) is 9.47 Å². The van der Waals surface area contributed by atoms with Crippen molar-refractivity contribution >= 4 is 5.91 Å². The van der Waals surface area contributed by atoms with Crippen molar-refractivity contribution in [2.24, 2.45) is 5.92 Å². The molecule has 132 valence electrons. The third kappa shape index (κ3) is 3.60. The van der Waals surface area contributed by atoms with Crippen LogP contribution in [0.15, 0.2) is 30.5 Å². The number of carbonyl (C=O) groups is 1. The Morgan fingerprint density at radius 3 is 2.56 bits per heavy atom. The molecule has 5 nitrogen and oxygen atoms in total. The number of benzene rings is 1. The molecule has 3 rings (SSSR count). The van der Waals surface area contributed by atoms with Gasteiger partial charge in [0.25, 0.3) is 0 Å². The Hall–Kier alpha value is -2.56. The maximum atomic E-state index is 12.4. The Morgan fingerprint density at radius 2 is 1.92 bits per heavy atom. The third-order valence-electron chi connectivity index (χ3n) is 4.85. The molecule has 0 spiro atoms. The van der Waals surface area contributed by atoms with E-state index in [0.29, 0.717) is 12.5 Å². The topological polar surface area (TPSA) is 60.5 Å². The number of amides is 1. The van der Waals surface area contributed by atoms with Crippen LogP contribution in [0.2, 0.25) is 0 Å². The molecule has 0 radical (unpaired) electrons. The summed E-state index contributed by atoms with van der Waals surface area (Å²) < 4.78 is 10.6. The van der Waals surface area contributed by atoms with Gasteiger partial charge in [-0.05, 0) is 43.9 Å². The summed E-state index contributed by atoms with van der Waals surface area (Å²) in [6.45, 7) is 4.36. The van der Waals surface area contributed by atoms with Gasteiger partial charge >= 0.3 is 0 Å². The standard InChI is InChI=1S/C20H24N2O3/c1-12-10-21-18(13(2)19(12)25-4)11-22-20(23)17-9-16(17)14-5-7-15(24-3)8-6-14/h5-8,10,16-17H,9,11H2,1-4H3,(H,22,23)/t16-,17+/m1/s1. The van der Waals surface area contributed by atoms with E-state index in [1.807, 2.05) is 38.1 Å². The van der Waals surface area contributed by atoms with Crippen LogP contribution in [-0.4, -0.2) is 25.1 Å². The number of pyridine rings is 1. The van der Waals surface area contributed by atoms with Crippen molar-refractivity contribution in [1.29, 1.82) is 0 Å². The van der Waals surface area contributed by atoms with Gasteiger partial charge in [-0.15, -0.1) is 0 Å². The summed E-state index contributed by atoms with van der Waals surface area (Å²) in [7, 11) is 3.31. The van der Waals surface area contributed by atoms with Gasteiger partial charge in [-0.3, -0.25) is 9.78 Å². The number of carbonyl (C=O) groups excluding carboxylic acids is 1. The van der Waals surface area contributed by atoms with Crippen molar-refractivity contribution in [3.8, 4) is 11.5 Å². The van der Waals surface area contributed by atoms with Crippen LogP contribution in [-0.2, 0) is 11.3 Å². The van der Waals surface area contributed by atoms with E-state index >= 15 is 0 Å². The molecule has 1 amide bonds. The van der Waals surface area contributed by atoms with Crippen molar-refractivity contribution in [3.63, 3.8) is 0 Å². The highest BCUT2D eigenvalue weighted by Crippen LogP contribution is 2.47. The number of nitrogens with zero attached hydrogens (tertiary/aromatic N) is 1. The van der Waals surface area contributed by atoms with Gasteiger partial charge in [0.2, 0.25) is 5.91 Å². The summed E-state index contributed by atoms with van der Waals surface area (Å²) >= 11 is 0. The third-order valence-corrected chi connectivity index (χ3v) is 4.85. The van der Waals surface area contributed by atoms with Crippen LogP contribution in [0, 0.1) is 19.8 Å². The van der Waals surface area contributed by atoms with Crippen molar-refractivity contribution in [2.45, 2.75) is 32.7 Å². The predicted molar refractivity (Wildman–Crippen MR) is 96.0 cm³/mol. The SMILES string of the molecule is COc1ccc([C@H]2C[C@@H]2C(=O)NCc2ncc(C)c(OC)c2C)cc1. The molecule has 1 fully saturated rings. The van der Waals surface area contributed by atoms with Crippen LogP contribution < -0.4 is 14.8 Å². The maximum Gasteiger partial charge on any atom is 0.224 e. The highest BCUT2D eigenvalue weighted by atomic mass is 16.5. The average molecular weight is 340 g/mol. The zero-order chi connectivity index (χ0) is 18.0. The first-order chi connectivity index (χ1) is 12.0. The summed E-state index contributed by atoms with van der Waals surface area (Å²) in [6, 6.07) is 7.95. The van der Waals surface area contributed by atoms with E-state index in [1.165, 1.54) is 5.56 Å². The fourth-order valence-corrected chi connectivity index (χ4v) is 3.26. The quantitative estimate of drug-likeness (QED) is 0.878. The zero-order valence-electron chi connectivity index (χ0n) is 15.1. The van der Waals surface area contributed by atoms with Crippen LogP contribution in [0.5, 0.6) is 11.5 Å². The smallest absolute Gasteiger partial charge is 0.224 e. The second-order valence-corrected chi connectivity index (χ2v) is 6.49. The molecule has 1 aromatic carbocycles. The maximum absolute atomic E-state index is 12.4. The fourth-order valence-electron chi connectivity index (χ4n) is 3.26. The molecule has 2 aromatic rings. The van der Waals surface area contributed by atoms with Crippen molar-refractivity contribution in [1.82, 2.24) is 10.3 Å². The van der Waals surface area contributed by atoms with Gasteiger partial charge in [-0.1, -0.05) is 12.1 Å². The van der Waals surface area contributed by atoms with E-state index in [2.05, 4.69) is 10.3 Å². The number of aromatic nitrogens is 1. The number of nitrogens with one attached hydrogen (secondary N) is 1. The van der Waals surface area contributed by atoms with Gasteiger partial charge in [0, 0.05) is 23.2 Å². The van der Waals surface area contributed by atoms with Gasteiger partial charge in [-0.2, -0.15) is 0 Å². The lowest BCUT2D eigenvalue weighted by atomic mass is 10.1. The second-order valence-electron chi connectivity index (χ2n) is 6.49. The van der Waals surface area contributed by atoms with Gasteiger partial charge in [0.1, 0.15) is 11.5 Å². The van der Waals surface area contributed by atoms with Crippen LogP contribution >= 0.6 is 0 Å². The first-order valence-corrected chi connectivity index (χ1v) is 8.46. The van der Waals surface area contributed by atoms with Gasteiger partial charge < -0.3 is 14.8 Å². The Bertz CT molecular complexity index is 771. The molecule has 0 aliphatic heterocycles. The Labute approximate surface area is 148 Å². The van der Waals surface area contributed by atoms with E-state index in [9.17, 15) is 4.79 Å². The molecule has 2 atom stereocenters. The minimum atomic E-state index is 0.0426. The molecule has 1 aromatic heterocycles. The molecule has 1 heterocycles. The molecular formula is C20H24N2O3. The monoisotopic (exact) mass is 340 g/mol. The number of ether oxygens (including phenoxy) is 2. The normalized spacial score (nSPS) is 18.6. The first kappa shape index (κ1) is 17.3. The summed E-state index contributed by atoms with van der Waals surface area (Å²) in [5.41, 5.74) is 4.01.